The van der Waals surface area contributed by atoms with Gasteiger partial charge in [-0.1, -0.05) is 30.0 Å². The van der Waals surface area contributed by atoms with E-state index in [0.29, 0.717) is 12.6 Å². The quantitative estimate of drug-likeness (QED) is 0.838. The van der Waals surface area contributed by atoms with Crippen LogP contribution in [0.3, 0.4) is 0 Å². The molecule has 1 aromatic carbocycles. The minimum atomic E-state index is 0.426. The Morgan fingerprint density at radius 2 is 2.11 bits per heavy atom. The molecular weight excluding hydrogens is 248 g/mol. The van der Waals surface area contributed by atoms with Gasteiger partial charge in [-0.15, -0.1) is 10.2 Å². The van der Waals surface area contributed by atoms with Gasteiger partial charge in [0.2, 0.25) is 5.95 Å². The molecule has 0 aliphatic carbocycles. The number of nitrogen functional groups attached to an aromatic ring is 1. The zero-order valence-corrected chi connectivity index (χ0v) is 11.3. The Morgan fingerprint density at radius 1 is 1.33 bits per heavy atom. The van der Waals surface area contributed by atoms with E-state index >= 15 is 0 Å². The van der Waals surface area contributed by atoms with Crippen LogP contribution in [-0.2, 0) is 12.8 Å². The summed E-state index contributed by atoms with van der Waals surface area (Å²) in [7, 11) is 1.85. The minimum Gasteiger partial charge on any atom is -0.494 e. The molecule has 0 unspecified atom stereocenters. The number of nitrogens with zero attached hydrogens (tertiary/aromatic N) is 3. The summed E-state index contributed by atoms with van der Waals surface area (Å²) in [5, 5.41) is 8.65. The Hall–Kier alpha value is -1.69. The topological polar surface area (TPSA) is 66.0 Å². The van der Waals surface area contributed by atoms with E-state index in [-0.39, 0.29) is 0 Å². The Bertz CT molecular complexity index is 527. The van der Waals surface area contributed by atoms with Crippen LogP contribution in [0, 0.1) is 0 Å². The third-order valence-corrected chi connectivity index (χ3v) is 3.57. The van der Waals surface area contributed by atoms with Crippen LogP contribution in [0.15, 0.2) is 29.4 Å². The van der Waals surface area contributed by atoms with Crippen LogP contribution in [0.1, 0.15) is 12.5 Å². The predicted octanol–water partition coefficient (Wildman–Crippen LogP) is 2.09. The molecule has 0 radical (unpaired) electrons. The number of para-hydroxylation sites is 1. The number of rotatable bonds is 5. The number of hydrogen-bond donors (Lipinski definition) is 1. The standard InChI is InChI=1S/C12H16N4OS/c1-3-17-10-7-5-4-6-9(10)8-18-12-15-14-11(13)16(12)2/h4-7H,3,8H2,1-2H3,(H2,13,14). The number of benzene rings is 1. The SMILES string of the molecule is CCOc1ccccc1CSc1nnc(N)n1C. The summed E-state index contributed by atoms with van der Waals surface area (Å²) in [5.41, 5.74) is 6.78. The molecule has 2 N–H and O–H groups in total. The molecule has 0 saturated carbocycles. The van der Waals surface area contributed by atoms with Gasteiger partial charge in [0.25, 0.3) is 0 Å². The molecule has 96 valence electrons. The van der Waals surface area contributed by atoms with Crippen molar-refractivity contribution < 1.29 is 4.74 Å². The molecule has 1 heterocycles. The van der Waals surface area contributed by atoms with E-state index in [1.54, 1.807) is 16.3 Å². The number of thioether (sulfide) groups is 1. The largest absolute Gasteiger partial charge is 0.494 e. The lowest BCUT2D eigenvalue weighted by Crippen LogP contribution is -1.99. The van der Waals surface area contributed by atoms with Crippen LogP contribution in [0.4, 0.5) is 5.95 Å². The summed E-state index contributed by atoms with van der Waals surface area (Å²) in [6.45, 7) is 2.64. The van der Waals surface area contributed by atoms with E-state index in [1.807, 2.05) is 32.2 Å². The highest BCUT2D eigenvalue weighted by Crippen LogP contribution is 2.27. The van der Waals surface area contributed by atoms with E-state index in [9.17, 15) is 0 Å². The number of anilines is 1. The van der Waals surface area contributed by atoms with E-state index in [2.05, 4.69) is 16.3 Å². The van der Waals surface area contributed by atoms with E-state index < -0.39 is 0 Å². The number of aromatic nitrogens is 3. The highest BCUT2D eigenvalue weighted by molar-refractivity contribution is 7.98. The summed E-state index contributed by atoms with van der Waals surface area (Å²) < 4.78 is 7.35. The van der Waals surface area contributed by atoms with Crippen molar-refractivity contribution in [1.29, 1.82) is 0 Å². The van der Waals surface area contributed by atoms with Crippen molar-refractivity contribution in [2.24, 2.45) is 7.05 Å². The van der Waals surface area contributed by atoms with Crippen LogP contribution in [-0.4, -0.2) is 21.4 Å². The Morgan fingerprint density at radius 3 is 2.78 bits per heavy atom. The summed E-state index contributed by atoms with van der Waals surface area (Å²) in [5.74, 6) is 2.13. The lowest BCUT2D eigenvalue weighted by atomic mass is 10.2. The second kappa shape index (κ2) is 5.77. The van der Waals surface area contributed by atoms with Gasteiger partial charge in [-0.3, -0.25) is 4.57 Å². The van der Waals surface area contributed by atoms with Crippen molar-refractivity contribution in [1.82, 2.24) is 14.8 Å². The molecule has 2 aromatic rings. The molecule has 6 heteroatoms. The van der Waals surface area contributed by atoms with E-state index in [0.717, 1.165) is 22.2 Å². The molecule has 5 nitrogen and oxygen atoms in total. The first-order chi connectivity index (χ1) is 8.72. The fourth-order valence-electron chi connectivity index (χ4n) is 1.51. The summed E-state index contributed by atoms with van der Waals surface area (Å²) in [6, 6.07) is 8.01. The maximum absolute atomic E-state index is 5.64. The first kappa shape index (κ1) is 12.8. The van der Waals surface area contributed by atoms with Crippen LogP contribution in [0.25, 0.3) is 0 Å². The molecule has 0 amide bonds. The maximum Gasteiger partial charge on any atom is 0.222 e. The lowest BCUT2D eigenvalue weighted by Gasteiger charge is -2.09. The fourth-order valence-corrected chi connectivity index (χ4v) is 2.42. The van der Waals surface area contributed by atoms with Gasteiger partial charge in [-0.05, 0) is 13.0 Å². The average Bonchev–Trinajstić information content (AvgIpc) is 2.70. The first-order valence-electron chi connectivity index (χ1n) is 5.70. The van der Waals surface area contributed by atoms with E-state index in [1.165, 1.54) is 0 Å². The number of hydrogen-bond acceptors (Lipinski definition) is 5. The van der Waals surface area contributed by atoms with Crippen molar-refractivity contribution in [2.45, 2.75) is 17.8 Å². The van der Waals surface area contributed by atoms with Crippen molar-refractivity contribution in [2.75, 3.05) is 12.3 Å². The highest BCUT2D eigenvalue weighted by Gasteiger charge is 2.08. The normalized spacial score (nSPS) is 10.6. The minimum absolute atomic E-state index is 0.426. The van der Waals surface area contributed by atoms with Gasteiger partial charge in [0.15, 0.2) is 5.16 Å². The molecule has 0 aliphatic heterocycles. The van der Waals surface area contributed by atoms with Gasteiger partial charge in [-0.25, -0.2) is 0 Å². The molecule has 0 atom stereocenters. The lowest BCUT2D eigenvalue weighted by molar-refractivity contribution is 0.337. The van der Waals surface area contributed by atoms with Crippen LogP contribution in [0.2, 0.25) is 0 Å². The van der Waals surface area contributed by atoms with Crippen LogP contribution >= 0.6 is 11.8 Å². The second-order valence-corrected chi connectivity index (χ2v) is 4.67. The van der Waals surface area contributed by atoms with Crippen molar-refractivity contribution in [3.63, 3.8) is 0 Å². The van der Waals surface area contributed by atoms with Gasteiger partial charge < -0.3 is 10.5 Å². The number of nitrogens with two attached hydrogens (primary N) is 1. The second-order valence-electron chi connectivity index (χ2n) is 3.73. The molecule has 0 spiro atoms. The third-order valence-electron chi connectivity index (χ3n) is 2.50. The predicted molar refractivity (Wildman–Crippen MR) is 72.6 cm³/mol. The molecule has 0 aliphatic rings. The van der Waals surface area contributed by atoms with Crippen LogP contribution in [0.5, 0.6) is 5.75 Å². The summed E-state index contributed by atoms with van der Waals surface area (Å²) in [6.07, 6.45) is 0. The third kappa shape index (κ3) is 2.76. The van der Waals surface area contributed by atoms with Gasteiger partial charge in [0.1, 0.15) is 5.75 Å². The molecule has 2 rings (SSSR count). The van der Waals surface area contributed by atoms with E-state index in [4.69, 9.17) is 10.5 Å². The van der Waals surface area contributed by atoms with Gasteiger partial charge in [-0.2, -0.15) is 0 Å². The Balaban J connectivity index is 2.08. The molecule has 0 bridgehead atoms. The zero-order valence-electron chi connectivity index (χ0n) is 10.5. The van der Waals surface area contributed by atoms with Crippen LogP contribution < -0.4 is 10.5 Å². The molecule has 0 saturated heterocycles. The van der Waals surface area contributed by atoms with Crippen molar-refractivity contribution in [3.05, 3.63) is 29.8 Å². The van der Waals surface area contributed by atoms with Crippen molar-refractivity contribution in [3.8, 4) is 5.75 Å². The maximum atomic E-state index is 5.64. The smallest absolute Gasteiger partial charge is 0.222 e. The highest BCUT2D eigenvalue weighted by atomic mass is 32.2. The number of ether oxygens (including phenoxy) is 1. The summed E-state index contributed by atoms with van der Waals surface area (Å²) in [4.78, 5) is 0. The summed E-state index contributed by atoms with van der Waals surface area (Å²) >= 11 is 1.59. The average molecular weight is 264 g/mol. The Kier molecular flexibility index (Phi) is 4.09. The molecule has 1 aromatic heterocycles. The zero-order chi connectivity index (χ0) is 13.0. The molecular formula is C12H16N4OS. The first-order valence-corrected chi connectivity index (χ1v) is 6.69. The van der Waals surface area contributed by atoms with Crippen molar-refractivity contribution >= 4 is 17.7 Å². The monoisotopic (exact) mass is 264 g/mol. The molecule has 18 heavy (non-hydrogen) atoms. The fraction of sp³-hybridized carbons (Fsp3) is 0.333. The van der Waals surface area contributed by atoms with Gasteiger partial charge in [0, 0.05) is 18.4 Å². The van der Waals surface area contributed by atoms with Gasteiger partial charge in [0.05, 0.1) is 6.61 Å². The van der Waals surface area contributed by atoms with Gasteiger partial charge >= 0.3 is 0 Å². The molecule has 0 fully saturated rings. The Labute approximate surface area is 110 Å².